The van der Waals surface area contributed by atoms with Gasteiger partial charge in [-0.05, 0) is 0 Å². The van der Waals surface area contributed by atoms with Crippen LogP contribution < -0.4 is 9.13 Å². The van der Waals surface area contributed by atoms with Crippen LogP contribution in [-0.4, -0.2) is 34.7 Å². The Morgan fingerprint density at radius 1 is 0.698 bits per heavy atom. The number of rotatable bonds is 10. The first kappa shape index (κ1) is 33.7. The van der Waals surface area contributed by atoms with Gasteiger partial charge in [0, 0.05) is 0 Å². The first-order valence-corrected chi connectivity index (χ1v) is 15.7. The number of hydrogen-bond donors (Lipinski definition) is 0. The maximum atomic E-state index is 8.25. The van der Waals surface area contributed by atoms with E-state index in [0.717, 1.165) is 26.2 Å². The van der Waals surface area contributed by atoms with Crippen LogP contribution in [0.1, 0.15) is 11.1 Å². The third-order valence-corrected chi connectivity index (χ3v) is 8.59. The number of imidazole rings is 2. The molecule has 9 nitrogen and oxygen atoms in total. The van der Waals surface area contributed by atoms with Gasteiger partial charge in [0.2, 0.25) is 0 Å². The number of hydrogen-bond acceptors (Lipinski definition) is 3. The molecule has 2 aromatic heterocycles. The zero-order valence-corrected chi connectivity index (χ0v) is 26.5. The quantitative estimate of drug-likeness (QED) is 0.0532. The summed E-state index contributed by atoms with van der Waals surface area (Å²) >= 11 is 0.542. The molecule has 0 fully saturated rings. The minimum absolute atomic E-state index is 0. The normalized spacial score (nSPS) is 10.4. The molecule has 4 aromatic carbocycles. The fraction of sp³-hybridized carbons (Fsp3) is 0.188. The van der Waals surface area contributed by atoms with Crippen molar-refractivity contribution in [3.63, 3.8) is 0 Å². The van der Waals surface area contributed by atoms with E-state index in [4.69, 9.17) is 15.3 Å². The molecule has 2 heterocycles. The third-order valence-electron chi connectivity index (χ3n) is 6.61. The zero-order chi connectivity index (χ0) is 28.4. The zero-order valence-electron chi connectivity index (χ0n) is 23.2. The molecule has 0 saturated carbocycles. The number of benzene rings is 4. The molecule has 0 aliphatic rings. The predicted octanol–water partition coefficient (Wildman–Crippen LogP) is 3.84. The molecule has 0 amide bonds. The molecule has 0 saturated heterocycles. The van der Waals surface area contributed by atoms with Gasteiger partial charge in [-0.25, -0.2) is 0 Å². The summed E-state index contributed by atoms with van der Waals surface area (Å²) in [5, 5.41) is 17.1. The second-order valence-corrected chi connectivity index (χ2v) is 11.9. The third kappa shape index (κ3) is 9.07. The molecule has 224 valence electrons. The van der Waals surface area contributed by atoms with Crippen molar-refractivity contribution in [3.8, 4) is 0 Å². The van der Waals surface area contributed by atoms with Crippen LogP contribution in [0.3, 0.4) is 0 Å². The van der Waals surface area contributed by atoms with Crippen molar-refractivity contribution in [2.75, 3.05) is 0 Å². The average Bonchev–Trinajstić information content (AvgIpc) is 3.51. The van der Waals surface area contributed by atoms with Crippen LogP contribution >= 0.6 is 0 Å². The predicted molar refractivity (Wildman–Crippen MR) is 161 cm³/mol. The molecular weight excluding hydrogens is 704 g/mol. The van der Waals surface area contributed by atoms with E-state index in [2.05, 4.69) is 128 Å². The van der Waals surface area contributed by atoms with Gasteiger partial charge in [0.25, 0.3) is 0 Å². The number of aromatic nitrogens is 4. The summed E-state index contributed by atoms with van der Waals surface area (Å²) in [6, 6.07) is 39.4. The summed E-state index contributed by atoms with van der Waals surface area (Å²) in [6.07, 6.45) is 7.23. The average molecular weight is 735 g/mol. The Morgan fingerprint density at radius 3 is 1.72 bits per heavy atom. The molecule has 11 heteroatoms. The van der Waals surface area contributed by atoms with Gasteiger partial charge < -0.3 is 20.8 Å². The van der Waals surface area contributed by atoms with Gasteiger partial charge >= 0.3 is 246 Å². The molecule has 0 radical (unpaired) electrons. The van der Waals surface area contributed by atoms with Gasteiger partial charge in [0.1, 0.15) is 0 Å². The SMILES string of the molecule is O.O=[N+]([O-])[O-].[Pd+2].[c-]1ccccc1Cn1[c-][n+](CC[Se]CC[n+]2[c-]n(Cc3ccccc3)c3ccccc32)c2ccccc21. The fourth-order valence-corrected chi connectivity index (χ4v) is 6.55. The van der Waals surface area contributed by atoms with E-state index in [1.54, 1.807) is 0 Å². The molecule has 0 atom stereocenters. The maximum absolute atomic E-state index is 8.25. The Kier molecular flexibility index (Phi) is 13.1. The molecule has 6 rings (SSSR count). The van der Waals surface area contributed by atoms with Gasteiger partial charge in [0.15, 0.2) is 0 Å². The summed E-state index contributed by atoms with van der Waals surface area (Å²) in [5.74, 6) is 0. The molecule has 0 aliphatic heterocycles. The van der Waals surface area contributed by atoms with E-state index in [1.807, 2.05) is 12.1 Å². The Morgan fingerprint density at radius 2 is 1.19 bits per heavy atom. The van der Waals surface area contributed by atoms with E-state index >= 15 is 0 Å². The Labute approximate surface area is 270 Å². The van der Waals surface area contributed by atoms with Crippen LogP contribution in [0.25, 0.3) is 22.1 Å². The van der Waals surface area contributed by atoms with Crippen molar-refractivity contribution >= 4 is 37.0 Å². The molecule has 2 N–H and O–H groups in total. The summed E-state index contributed by atoms with van der Waals surface area (Å²) in [7, 11) is 0. The standard InChI is InChI=1S/C32H29N4Se.NO3.H2O.Pd/c1-3-11-27(12-4-1)23-35-25-33(29-15-7-9-17-31(29)35)19-21-37-22-20-34-26-36(24-28-13-5-2-6-14-28)32-18-10-8-16-30(32)34;2-1(3)4;;/h1-13,15-18H,19-24H2;;1H2;/q2*-1;;+2. The molecule has 0 bridgehead atoms. The van der Waals surface area contributed by atoms with E-state index < -0.39 is 5.09 Å². The van der Waals surface area contributed by atoms with E-state index in [9.17, 15) is 0 Å². The van der Waals surface area contributed by atoms with Crippen LogP contribution in [0.15, 0.2) is 103 Å². The van der Waals surface area contributed by atoms with Crippen LogP contribution in [0.5, 0.6) is 0 Å². The molecule has 43 heavy (non-hydrogen) atoms. The first-order chi connectivity index (χ1) is 20.1. The van der Waals surface area contributed by atoms with Gasteiger partial charge in [-0.15, -0.1) is 0 Å². The van der Waals surface area contributed by atoms with Gasteiger partial charge in [-0.3, -0.25) is 0 Å². The molecule has 6 aromatic rings. The molecular formula is C32H31N5O4PdSe. The fourth-order valence-electron chi connectivity index (χ4n) is 4.81. The number of fused-ring (bicyclic) bond motifs is 2. The first-order valence-electron chi connectivity index (χ1n) is 13.3. The molecule has 0 unspecified atom stereocenters. The van der Waals surface area contributed by atoms with Crippen LogP contribution in [0, 0.1) is 34.0 Å². The second-order valence-electron chi connectivity index (χ2n) is 9.36. The van der Waals surface area contributed by atoms with Crippen molar-refractivity contribution in [2.24, 2.45) is 0 Å². The van der Waals surface area contributed by atoms with Crippen molar-refractivity contribution in [1.82, 2.24) is 9.13 Å². The molecule has 0 aliphatic carbocycles. The molecule has 0 spiro atoms. The van der Waals surface area contributed by atoms with E-state index in [-0.39, 0.29) is 25.9 Å². The van der Waals surface area contributed by atoms with Crippen LogP contribution in [0.4, 0.5) is 0 Å². The Balaban J connectivity index is 0.000000796. The van der Waals surface area contributed by atoms with E-state index in [0.29, 0.717) is 15.0 Å². The van der Waals surface area contributed by atoms with Gasteiger partial charge in [-0.1, -0.05) is 0 Å². The topological polar surface area (TPSA) is 115 Å². The number of nitrogens with zero attached hydrogens (tertiary/aromatic N) is 5. The van der Waals surface area contributed by atoms with Crippen molar-refractivity contribution in [1.29, 1.82) is 0 Å². The van der Waals surface area contributed by atoms with Crippen molar-refractivity contribution in [2.45, 2.75) is 36.8 Å². The van der Waals surface area contributed by atoms with Gasteiger partial charge in [0.05, 0.1) is 5.09 Å². The van der Waals surface area contributed by atoms with Crippen LogP contribution in [0.2, 0.25) is 10.6 Å². The number of aryl methyl sites for hydroxylation is 2. The Hall–Kier alpha value is -3.84. The summed E-state index contributed by atoms with van der Waals surface area (Å²) in [4.78, 5) is 8.25. The summed E-state index contributed by atoms with van der Waals surface area (Å²) < 4.78 is 9.08. The monoisotopic (exact) mass is 735 g/mol. The van der Waals surface area contributed by atoms with Gasteiger partial charge in [-0.2, -0.15) is 0 Å². The second kappa shape index (κ2) is 16.7. The van der Waals surface area contributed by atoms with Crippen molar-refractivity contribution in [3.05, 3.63) is 148 Å². The Bertz CT molecular complexity index is 1600. The van der Waals surface area contributed by atoms with Crippen molar-refractivity contribution < 1.29 is 40.1 Å². The number of para-hydroxylation sites is 4. The van der Waals surface area contributed by atoms with E-state index in [1.165, 1.54) is 43.8 Å². The minimum atomic E-state index is -1.75. The van der Waals surface area contributed by atoms with Crippen LogP contribution in [-0.2, 0) is 46.6 Å². The summed E-state index contributed by atoms with van der Waals surface area (Å²) in [5.41, 5.74) is 7.46. The summed E-state index contributed by atoms with van der Waals surface area (Å²) in [6.45, 7) is 3.63.